The maximum Gasteiger partial charge on any atom is 0.251 e. The third-order valence-electron chi connectivity index (χ3n) is 5.59. The van der Waals surface area contributed by atoms with Crippen LogP contribution in [0.2, 0.25) is 0 Å². The van der Waals surface area contributed by atoms with Gasteiger partial charge in [0.15, 0.2) is 0 Å². The Labute approximate surface area is 176 Å². The molecule has 1 atom stereocenters. The van der Waals surface area contributed by atoms with Crippen LogP contribution in [-0.2, 0) is 11.2 Å². The summed E-state index contributed by atoms with van der Waals surface area (Å²) in [4.78, 5) is 30.6. The van der Waals surface area contributed by atoms with Gasteiger partial charge >= 0.3 is 0 Å². The van der Waals surface area contributed by atoms with Crippen molar-refractivity contribution in [3.63, 3.8) is 0 Å². The van der Waals surface area contributed by atoms with Gasteiger partial charge in [-0.3, -0.25) is 14.6 Å². The van der Waals surface area contributed by atoms with Gasteiger partial charge in [0.05, 0.1) is 6.04 Å². The standard InChI is InChI=1S/C25H25N3O2/c1-3-24(29)28-14-12-21-15-20(10-11-23(21)28)18-6-8-19(9-7-18)25(30)27-17(2)22-5-4-13-26-16-22/h4-11,13,15-17H,3,12,14H2,1-2H3,(H,27,30). The number of aromatic nitrogens is 1. The summed E-state index contributed by atoms with van der Waals surface area (Å²) in [6.45, 7) is 4.59. The van der Waals surface area contributed by atoms with Crippen molar-refractivity contribution in [3.8, 4) is 11.1 Å². The number of nitrogens with one attached hydrogen (secondary N) is 1. The summed E-state index contributed by atoms with van der Waals surface area (Å²) in [7, 11) is 0. The molecule has 0 radical (unpaired) electrons. The van der Waals surface area contributed by atoms with Crippen LogP contribution in [-0.4, -0.2) is 23.3 Å². The lowest BCUT2D eigenvalue weighted by molar-refractivity contribution is -0.118. The van der Waals surface area contributed by atoms with Gasteiger partial charge in [-0.1, -0.05) is 31.2 Å². The fraction of sp³-hybridized carbons (Fsp3) is 0.240. The molecule has 0 fully saturated rings. The van der Waals surface area contributed by atoms with Crippen LogP contribution in [0.25, 0.3) is 11.1 Å². The Morgan fingerprint density at radius 1 is 1.10 bits per heavy atom. The smallest absolute Gasteiger partial charge is 0.251 e. The van der Waals surface area contributed by atoms with E-state index in [1.54, 1.807) is 12.4 Å². The minimum atomic E-state index is -0.114. The number of anilines is 1. The lowest BCUT2D eigenvalue weighted by Gasteiger charge is -2.16. The highest BCUT2D eigenvalue weighted by Crippen LogP contribution is 2.32. The normalized spacial score (nSPS) is 13.6. The molecule has 0 spiro atoms. The maximum absolute atomic E-state index is 12.6. The van der Waals surface area contributed by atoms with Crippen molar-refractivity contribution in [2.75, 3.05) is 11.4 Å². The molecular weight excluding hydrogens is 374 g/mol. The molecule has 0 aliphatic carbocycles. The Morgan fingerprint density at radius 3 is 2.57 bits per heavy atom. The monoisotopic (exact) mass is 399 g/mol. The Kier molecular flexibility index (Phi) is 5.61. The predicted octanol–water partition coefficient (Wildman–Crippen LogP) is 4.54. The Balaban J connectivity index is 1.47. The molecular formula is C25H25N3O2. The Hall–Kier alpha value is -3.47. The third kappa shape index (κ3) is 3.96. The molecule has 0 saturated carbocycles. The van der Waals surface area contributed by atoms with Crippen LogP contribution in [0.5, 0.6) is 0 Å². The van der Waals surface area contributed by atoms with Crippen molar-refractivity contribution in [2.45, 2.75) is 32.7 Å². The number of carbonyl (C=O) groups is 2. The van der Waals surface area contributed by atoms with E-state index in [-0.39, 0.29) is 17.9 Å². The number of nitrogens with zero attached hydrogens (tertiary/aromatic N) is 2. The van der Waals surface area contributed by atoms with Crippen molar-refractivity contribution in [1.82, 2.24) is 10.3 Å². The Morgan fingerprint density at radius 2 is 1.87 bits per heavy atom. The van der Waals surface area contributed by atoms with E-state index in [1.807, 2.05) is 67.3 Å². The van der Waals surface area contributed by atoms with Gasteiger partial charge in [0.2, 0.25) is 5.91 Å². The van der Waals surface area contributed by atoms with Crippen molar-refractivity contribution in [2.24, 2.45) is 0 Å². The molecule has 5 heteroatoms. The molecule has 1 aromatic heterocycles. The predicted molar refractivity (Wildman–Crippen MR) is 118 cm³/mol. The van der Waals surface area contributed by atoms with E-state index in [4.69, 9.17) is 0 Å². The fourth-order valence-corrected chi connectivity index (χ4v) is 3.84. The third-order valence-corrected chi connectivity index (χ3v) is 5.59. The molecule has 30 heavy (non-hydrogen) atoms. The first-order valence-corrected chi connectivity index (χ1v) is 10.3. The van der Waals surface area contributed by atoms with Crippen LogP contribution in [0.15, 0.2) is 67.0 Å². The van der Waals surface area contributed by atoms with E-state index in [9.17, 15) is 9.59 Å². The topological polar surface area (TPSA) is 62.3 Å². The van der Waals surface area contributed by atoms with Gasteiger partial charge in [0.1, 0.15) is 0 Å². The van der Waals surface area contributed by atoms with E-state index in [0.717, 1.165) is 35.3 Å². The first kappa shape index (κ1) is 19.8. The van der Waals surface area contributed by atoms with Crippen LogP contribution in [0, 0.1) is 0 Å². The first-order chi connectivity index (χ1) is 14.6. The largest absolute Gasteiger partial charge is 0.345 e. The number of benzene rings is 2. The lowest BCUT2D eigenvalue weighted by Crippen LogP contribution is -2.27. The molecule has 2 heterocycles. The van der Waals surface area contributed by atoms with Crippen molar-refractivity contribution in [3.05, 3.63) is 83.7 Å². The highest BCUT2D eigenvalue weighted by Gasteiger charge is 2.23. The summed E-state index contributed by atoms with van der Waals surface area (Å²) in [6.07, 6.45) is 4.87. The minimum absolute atomic E-state index is 0.111. The number of carbonyl (C=O) groups excluding carboxylic acids is 2. The van der Waals surface area contributed by atoms with Gasteiger partial charge in [0, 0.05) is 36.6 Å². The highest BCUT2D eigenvalue weighted by atomic mass is 16.2. The van der Waals surface area contributed by atoms with Crippen molar-refractivity contribution < 1.29 is 9.59 Å². The zero-order valence-corrected chi connectivity index (χ0v) is 17.3. The van der Waals surface area contributed by atoms with Gasteiger partial charge in [-0.25, -0.2) is 0 Å². The molecule has 2 aromatic carbocycles. The Bertz CT molecular complexity index is 1060. The van der Waals surface area contributed by atoms with Crippen LogP contribution >= 0.6 is 0 Å². The number of hydrogen-bond acceptors (Lipinski definition) is 3. The summed E-state index contributed by atoms with van der Waals surface area (Å²) in [6, 6.07) is 17.5. The number of hydrogen-bond donors (Lipinski definition) is 1. The lowest BCUT2D eigenvalue weighted by atomic mass is 10.00. The molecule has 0 saturated heterocycles. The minimum Gasteiger partial charge on any atom is -0.345 e. The molecule has 4 rings (SSSR count). The molecule has 0 bridgehead atoms. The summed E-state index contributed by atoms with van der Waals surface area (Å²) < 4.78 is 0. The van der Waals surface area contributed by atoms with Gasteiger partial charge < -0.3 is 10.2 Å². The first-order valence-electron chi connectivity index (χ1n) is 10.3. The SMILES string of the molecule is CCC(=O)N1CCc2cc(-c3ccc(C(=O)NC(C)c4cccnc4)cc3)ccc21. The summed E-state index contributed by atoms with van der Waals surface area (Å²) in [5.74, 6) is 0.0537. The average Bonchev–Trinajstić information content (AvgIpc) is 3.22. The van der Waals surface area contributed by atoms with Gasteiger partial charge in [0.25, 0.3) is 5.91 Å². The van der Waals surface area contributed by atoms with Gasteiger partial charge in [-0.05, 0) is 65.9 Å². The zero-order valence-electron chi connectivity index (χ0n) is 17.3. The van der Waals surface area contributed by atoms with Gasteiger partial charge in [-0.2, -0.15) is 0 Å². The van der Waals surface area contributed by atoms with Crippen LogP contribution in [0.3, 0.4) is 0 Å². The van der Waals surface area contributed by atoms with E-state index in [0.29, 0.717) is 12.0 Å². The molecule has 5 nitrogen and oxygen atoms in total. The molecule has 152 valence electrons. The van der Waals surface area contributed by atoms with Gasteiger partial charge in [-0.15, -0.1) is 0 Å². The summed E-state index contributed by atoms with van der Waals surface area (Å²) >= 11 is 0. The number of pyridine rings is 1. The van der Waals surface area contributed by atoms with E-state index >= 15 is 0 Å². The quantitative estimate of drug-likeness (QED) is 0.685. The average molecular weight is 399 g/mol. The summed E-state index contributed by atoms with van der Waals surface area (Å²) in [5, 5.41) is 3.01. The molecule has 2 amide bonds. The zero-order chi connectivity index (χ0) is 21.1. The molecule has 3 aromatic rings. The van der Waals surface area contributed by atoms with E-state index in [1.165, 1.54) is 5.56 Å². The van der Waals surface area contributed by atoms with E-state index < -0.39 is 0 Å². The van der Waals surface area contributed by atoms with Crippen LogP contribution in [0.4, 0.5) is 5.69 Å². The molecule has 1 aliphatic heterocycles. The van der Waals surface area contributed by atoms with Crippen molar-refractivity contribution in [1.29, 1.82) is 0 Å². The fourth-order valence-electron chi connectivity index (χ4n) is 3.84. The van der Waals surface area contributed by atoms with Crippen molar-refractivity contribution >= 4 is 17.5 Å². The second-order valence-electron chi connectivity index (χ2n) is 7.55. The summed E-state index contributed by atoms with van der Waals surface area (Å²) in [5.41, 5.74) is 5.95. The van der Waals surface area contributed by atoms with Crippen LogP contribution in [0.1, 0.15) is 47.8 Å². The highest BCUT2D eigenvalue weighted by molar-refractivity contribution is 5.96. The molecule has 1 aliphatic rings. The second kappa shape index (κ2) is 8.49. The number of fused-ring (bicyclic) bond motifs is 1. The maximum atomic E-state index is 12.6. The second-order valence-corrected chi connectivity index (χ2v) is 7.55. The number of amides is 2. The van der Waals surface area contributed by atoms with E-state index in [2.05, 4.69) is 16.4 Å². The number of rotatable bonds is 5. The van der Waals surface area contributed by atoms with Crippen LogP contribution < -0.4 is 10.2 Å². The molecule has 1 N–H and O–H groups in total. The molecule has 1 unspecified atom stereocenters.